The average molecular weight is 170 g/mol. The van der Waals surface area contributed by atoms with Gasteiger partial charge in [-0.25, -0.2) is 0 Å². The molecule has 0 atom stereocenters. The first-order valence-electron chi connectivity index (χ1n) is 2.96. The zero-order chi connectivity index (χ0) is 9.08. The van der Waals surface area contributed by atoms with Gasteiger partial charge in [0.15, 0.2) is 0 Å². The monoisotopic (exact) mass is 170 g/mol. The largest absolute Gasteiger partial charge is 0.322 e. The lowest BCUT2D eigenvalue weighted by Gasteiger charge is -2.48. The van der Waals surface area contributed by atoms with Crippen LogP contribution in [0, 0.1) is 5.41 Å². The molecule has 1 nitrogen and oxygen atoms in total. The number of Topliss-reactive ketones (excluding diaryl/α,β-unsaturated/α-hetero) is 1. The van der Waals surface area contributed by atoms with Gasteiger partial charge in [0.1, 0.15) is 5.41 Å². The van der Waals surface area contributed by atoms with Crippen molar-refractivity contribution in [2.24, 2.45) is 5.41 Å². The standard InChI is InChI=1S/C6H6F4O/c1-4(2)5(7,8)3(11)6(4,9)10/h1-2H3. The van der Waals surface area contributed by atoms with Crippen LogP contribution in [0.5, 0.6) is 0 Å². The molecule has 64 valence electrons. The summed E-state index contributed by atoms with van der Waals surface area (Å²) in [5.41, 5.74) is -2.53. The normalized spacial score (nSPS) is 31.3. The Balaban J connectivity index is 3.08. The fraction of sp³-hybridized carbons (Fsp3) is 0.833. The highest BCUT2D eigenvalue weighted by molar-refractivity contribution is 6.00. The summed E-state index contributed by atoms with van der Waals surface area (Å²) < 4.78 is 49.5. The van der Waals surface area contributed by atoms with Crippen molar-refractivity contribution in [3.63, 3.8) is 0 Å². The lowest BCUT2D eigenvalue weighted by Crippen LogP contribution is -2.72. The van der Waals surface area contributed by atoms with E-state index in [1.54, 1.807) is 0 Å². The van der Waals surface area contributed by atoms with Gasteiger partial charge in [0, 0.05) is 0 Å². The van der Waals surface area contributed by atoms with Crippen LogP contribution in [-0.4, -0.2) is 17.6 Å². The summed E-state index contributed by atoms with van der Waals surface area (Å²) in [6, 6.07) is 0. The first-order valence-corrected chi connectivity index (χ1v) is 2.96. The van der Waals surface area contributed by atoms with Crippen molar-refractivity contribution in [1.29, 1.82) is 0 Å². The molecule has 0 saturated heterocycles. The van der Waals surface area contributed by atoms with Crippen LogP contribution in [0.1, 0.15) is 13.8 Å². The van der Waals surface area contributed by atoms with E-state index in [1.807, 2.05) is 0 Å². The van der Waals surface area contributed by atoms with Gasteiger partial charge >= 0.3 is 11.8 Å². The van der Waals surface area contributed by atoms with E-state index in [-0.39, 0.29) is 0 Å². The predicted octanol–water partition coefficient (Wildman–Crippen LogP) is 1.87. The molecule has 0 N–H and O–H groups in total. The van der Waals surface area contributed by atoms with Crippen molar-refractivity contribution in [3.8, 4) is 0 Å². The van der Waals surface area contributed by atoms with E-state index in [1.165, 1.54) is 0 Å². The summed E-state index contributed by atoms with van der Waals surface area (Å²) >= 11 is 0. The third-order valence-corrected chi connectivity index (χ3v) is 2.14. The SMILES string of the molecule is CC1(C)C(F)(F)C(=O)C1(F)F. The van der Waals surface area contributed by atoms with E-state index >= 15 is 0 Å². The maximum Gasteiger partial charge on any atom is 0.322 e. The van der Waals surface area contributed by atoms with Crippen LogP contribution >= 0.6 is 0 Å². The van der Waals surface area contributed by atoms with E-state index < -0.39 is 23.0 Å². The molecule has 0 aromatic rings. The molecule has 1 saturated carbocycles. The zero-order valence-corrected chi connectivity index (χ0v) is 5.92. The van der Waals surface area contributed by atoms with Crippen LogP contribution in [0.4, 0.5) is 17.6 Å². The molecule has 0 aromatic carbocycles. The summed E-state index contributed by atoms with van der Waals surface area (Å²) in [5, 5.41) is 0. The van der Waals surface area contributed by atoms with Gasteiger partial charge in [-0.1, -0.05) is 0 Å². The van der Waals surface area contributed by atoms with Crippen LogP contribution in [0.3, 0.4) is 0 Å². The van der Waals surface area contributed by atoms with Gasteiger partial charge in [-0.05, 0) is 13.8 Å². The van der Waals surface area contributed by atoms with E-state index in [0.29, 0.717) is 13.8 Å². The Morgan fingerprint density at radius 1 is 1.00 bits per heavy atom. The van der Waals surface area contributed by atoms with Gasteiger partial charge in [-0.15, -0.1) is 0 Å². The third-order valence-electron chi connectivity index (χ3n) is 2.14. The van der Waals surface area contributed by atoms with E-state index in [0.717, 1.165) is 0 Å². The Labute approximate surface area is 60.4 Å². The van der Waals surface area contributed by atoms with Crippen molar-refractivity contribution >= 4 is 5.78 Å². The van der Waals surface area contributed by atoms with Gasteiger partial charge < -0.3 is 0 Å². The number of halogens is 4. The predicted molar refractivity (Wildman–Crippen MR) is 28.7 cm³/mol. The molecule has 0 unspecified atom stereocenters. The van der Waals surface area contributed by atoms with Crippen LogP contribution in [-0.2, 0) is 4.79 Å². The highest BCUT2D eigenvalue weighted by atomic mass is 19.3. The molecule has 11 heavy (non-hydrogen) atoms. The average Bonchev–Trinajstić information content (AvgIpc) is 1.84. The van der Waals surface area contributed by atoms with E-state index in [2.05, 4.69) is 0 Å². The Morgan fingerprint density at radius 3 is 1.36 bits per heavy atom. The number of alkyl halides is 4. The second-order valence-electron chi connectivity index (χ2n) is 3.10. The van der Waals surface area contributed by atoms with Crippen LogP contribution in [0.25, 0.3) is 0 Å². The molecule has 0 bridgehead atoms. The highest BCUT2D eigenvalue weighted by Crippen LogP contribution is 2.60. The molecular formula is C6H6F4O. The third kappa shape index (κ3) is 0.594. The number of ketones is 1. The highest BCUT2D eigenvalue weighted by Gasteiger charge is 2.82. The minimum Gasteiger partial charge on any atom is -0.286 e. The smallest absolute Gasteiger partial charge is 0.286 e. The minimum atomic E-state index is -3.88. The fourth-order valence-electron chi connectivity index (χ4n) is 0.899. The Morgan fingerprint density at radius 2 is 1.27 bits per heavy atom. The zero-order valence-electron chi connectivity index (χ0n) is 5.92. The molecule has 5 heteroatoms. The summed E-state index contributed by atoms with van der Waals surface area (Å²) in [6.45, 7) is 1.35. The summed E-state index contributed by atoms with van der Waals surface area (Å²) in [6.07, 6.45) is 0. The first-order chi connectivity index (χ1) is 4.65. The number of carbonyl (C=O) groups is 1. The van der Waals surface area contributed by atoms with Crippen LogP contribution in [0.2, 0.25) is 0 Å². The van der Waals surface area contributed by atoms with E-state index in [9.17, 15) is 22.4 Å². The summed E-state index contributed by atoms with van der Waals surface area (Å²) in [5.74, 6) is -10.0. The number of carbonyl (C=O) groups excluding carboxylic acids is 1. The molecule has 0 heterocycles. The summed E-state index contributed by atoms with van der Waals surface area (Å²) in [4.78, 5) is 10.1. The molecule has 1 fully saturated rings. The summed E-state index contributed by atoms with van der Waals surface area (Å²) in [7, 11) is 0. The maximum absolute atomic E-state index is 12.4. The van der Waals surface area contributed by atoms with Crippen molar-refractivity contribution in [1.82, 2.24) is 0 Å². The van der Waals surface area contributed by atoms with Gasteiger partial charge in [0.2, 0.25) is 0 Å². The second kappa shape index (κ2) is 1.59. The molecule has 1 aliphatic rings. The molecule has 0 aromatic heterocycles. The minimum absolute atomic E-state index is 0.675. The van der Waals surface area contributed by atoms with Crippen LogP contribution in [0.15, 0.2) is 0 Å². The molecule has 0 amide bonds. The Bertz CT molecular complexity index is 199. The van der Waals surface area contributed by atoms with Gasteiger partial charge in [0.25, 0.3) is 5.78 Å². The first kappa shape index (κ1) is 8.49. The van der Waals surface area contributed by atoms with Gasteiger partial charge in [-0.3, -0.25) is 4.79 Å². The number of hydrogen-bond acceptors (Lipinski definition) is 1. The maximum atomic E-state index is 12.4. The molecule has 1 rings (SSSR count). The molecule has 1 aliphatic carbocycles. The lowest BCUT2D eigenvalue weighted by molar-refractivity contribution is -0.280. The van der Waals surface area contributed by atoms with Crippen LogP contribution < -0.4 is 0 Å². The molecular weight excluding hydrogens is 164 g/mol. The van der Waals surface area contributed by atoms with Gasteiger partial charge in [-0.2, -0.15) is 17.6 Å². The molecule has 0 aliphatic heterocycles. The van der Waals surface area contributed by atoms with E-state index in [4.69, 9.17) is 0 Å². The Kier molecular flexibility index (Phi) is 1.23. The van der Waals surface area contributed by atoms with Crippen molar-refractivity contribution < 1.29 is 22.4 Å². The topological polar surface area (TPSA) is 17.1 Å². The quantitative estimate of drug-likeness (QED) is 0.507. The molecule has 0 spiro atoms. The van der Waals surface area contributed by atoms with Crippen molar-refractivity contribution in [3.05, 3.63) is 0 Å². The van der Waals surface area contributed by atoms with Crippen molar-refractivity contribution in [2.45, 2.75) is 25.7 Å². The number of hydrogen-bond donors (Lipinski definition) is 0. The second-order valence-corrected chi connectivity index (χ2v) is 3.10. The lowest BCUT2D eigenvalue weighted by atomic mass is 9.63. The van der Waals surface area contributed by atoms with Gasteiger partial charge in [0.05, 0.1) is 0 Å². The van der Waals surface area contributed by atoms with Crippen molar-refractivity contribution in [2.75, 3.05) is 0 Å². The Hall–Kier alpha value is -0.610. The number of rotatable bonds is 0. The fourth-order valence-corrected chi connectivity index (χ4v) is 0.899. The molecule has 0 radical (unpaired) electrons.